The van der Waals surface area contributed by atoms with E-state index in [1.807, 2.05) is 60.0 Å². The molecule has 2 N–H and O–H groups in total. The summed E-state index contributed by atoms with van der Waals surface area (Å²) in [5.74, 6) is 0.536. The fourth-order valence-electron chi connectivity index (χ4n) is 2.56. The van der Waals surface area contributed by atoms with Crippen LogP contribution in [0.25, 0.3) is 16.4 Å². The molecule has 2 aromatic carbocycles. The molecule has 0 unspecified atom stereocenters. The van der Waals surface area contributed by atoms with Crippen LogP contribution in [0.1, 0.15) is 13.3 Å². The van der Waals surface area contributed by atoms with Crippen LogP contribution in [0.3, 0.4) is 0 Å². The van der Waals surface area contributed by atoms with E-state index in [1.54, 1.807) is 0 Å². The summed E-state index contributed by atoms with van der Waals surface area (Å²) >= 11 is 0. The average molecular weight is 348 g/mol. The molecule has 1 aromatic heterocycles. The molecule has 0 bridgehead atoms. The Morgan fingerprint density at radius 3 is 2.67 bits per heavy atom. The van der Waals surface area contributed by atoms with Crippen molar-refractivity contribution in [3.8, 4) is 0 Å². The Bertz CT molecular complexity index is 773. The normalized spacial score (nSPS) is 10.5. The average Bonchev–Trinajstić information content (AvgIpc) is 2.87. The molecule has 0 aliphatic carbocycles. The molecule has 6 heteroatoms. The van der Waals surface area contributed by atoms with Crippen LogP contribution in [-0.4, -0.2) is 22.8 Å². The van der Waals surface area contributed by atoms with Crippen molar-refractivity contribution < 1.29 is 56.1 Å². The molecule has 1 heterocycles. The summed E-state index contributed by atoms with van der Waals surface area (Å²) in [4.78, 5) is 4.45. The molecular formula is C18H21KN4O. The van der Waals surface area contributed by atoms with Crippen molar-refractivity contribution in [2.45, 2.75) is 19.9 Å². The second-order valence-corrected chi connectivity index (χ2v) is 5.29. The van der Waals surface area contributed by atoms with Gasteiger partial charge >= 0.3 is 51.4 Å². The molecule has 0 radical (unpaired) electrons. The molecule has 24 heavy (non-hydrogen) atoms. The van der Waals surface area contributed by atoms with Crippen molar-refractivity contribution in [2.24, 2.45) is 0 Å². The Balaban J connectivity index is 0.00000208. The van der Waals surface area contributed by atoms with E-state index in [2.05, 4.69) is 10.3 Å². The number of hydrogen-bond acceptors (Lipinski definition) is 3. The minimum absolute atomic E-state index is 0. The third kappa shape index (κ3) is 4.81. The molecule has 0 saturated heterocycles. The number of fused-ring (bicyclic) bond motifs is 1. The third-order valence-electron chi connectivity index (χ3n) is 3.65. The van der Waals surface area contributed by atoms with Gasteiger partial charge in [0.05, 0.1) is 11.0 Å². The molecule has 0 aliphatic heterocycles. The summed E-state index contributed by atoms with van der Waals surface area (Å²) in [6, 6.07) is 15.9. The number of aryl methyl sites for hydroxylation is 1. The topological polar surface area (TPSA) is 67.2 Å². The minimum Gasteiger partial charge on any atom is -0.658 e. The zero-order chi connectivity index (χ0) is 16.1. The van der Waals surface area contributed by atoms with Gasteiger partial charge in [-0.25, -0.2) is 4.98 Å². The zero-order valence-corrected chi connectivity index (χ0v) is 17.4. The number of ether oxygens (including phenoxy) is 1. The van der Waals surface area contributed by atoms with Gasteiger partial charge < -0.3 is 20.4 Å². The number of nitrogen functional groups attached to an aromatic ring is 1. The molecule has 3 aromatic rings. The van der Waals surface area contributed by atoms with Gasteiger partial charge in [0.25, 0.3) is 0 Å². The van der Waals surface area contributed by atoms with Crippen molar-refractivity contribution in [1.29, 1.82) is 0 Å². The van der Waals surface area contributed by atoms with E-state index < -0.39 is 0 Å². The summed E-state index contributed by atoms with van der Waals surface area (Å²) in [5.41, 5.74) is 9.76. The Hall–Kier alpha value is -0.894. The van der Waals surface area contributed by atoms with Crippen molar-refractivity contribution >= 4 is 28.4 Å². The van der Waals surface area contributed by atoms with Gasteiger partial charge in [-0.3, -0.25) is 0 Å². The van der Waals surface area contributed by atoms with Crippen LogP contribution in [0.15, 0.2) is 48.5 Å². The maximum absolute atomic E-state index is 6.05. The van der Waals surface area contributed by atoms with Gasteiger partial charge in [0, 0.05) is 19.8 Å². The fourth-order valence-corrected chi connectivity index (χ4v) is 2.56. The second-order valence-electron chi connectivity index (χ2n) is 5.29. The summed E-state index contributed by atoms with van der Waals surface area (Å²) in [6.45, 7) is 4.28. The van der Waals surface area contributed by atoms with Gasteiger partial charge in [0.1, 0.15) is 0 Å². The molecule has 120 valence electrons. The first-order chi connectivity index (χ1) is 11.3. The van der Waals surface area contributed by atoms with Crippen molar-refractivity contribution in [1.82, 2.24) is 9.55 Å². The molecular weight excluding hydrogens is 327 g/mol. The number of nitrogens with two attached hydrogens (primary N) is 1. The van der Waals surface area contributed by atoms with E-state index >= 15 is 0 Å². The quantitative estimate of drug-likeness (QED) is 0.518. The van der Waals surface area contributed by atoms with E-state index in [0.29, 0.717) is 5.95 Å². The number of aromatic nitrogens is 2. The fraction of sp³-hybridized carbons (Fsp3) is 0.278. The van der Waals surface area contributed by atoms with Crippen molar-refractivity contribution in [3.05, 3.63) is 53.8 Å². The smallest absolute Gasteiger partial charge is 0.658 e. The first kappa shape index (κ1) is 19.4. The summed E-state index contributed by atoms with van der Waals surface area (Å²) in [5, 5.41) is 4.61. The standard InChI is InChI=1S/C18H21N4O.K/c1-2-23-12-6-11-22-17-10-9-15(13-16(17)21-18(22)19)20-14-7-4-3-5-8-14;/h3-5,7-10,13H,2,6,11-12H2,1H3,(H2,19,21);/q-1;+1. The molecule has 0 spiro atoms. The van der Waals surface area contributed by atoms with Crippen LogP contribution >= 0.6 is 0 Å². The number of imidazole rings is 1. The SMILES string of the molecule is CCOCCCn1c(N)nc2cc([N-]c3ccccc3)ccc21.[K+]. The van der Waals surface area contributed by atoms with Gasteiger partial charge in [-0.15, -0.1) is 11.4 Å². The number of anilines is 1. The number of hydrogen-bond donors (Lipinski definition) is 1. The van der Waals surface area contributed by atoms with E-state index in [0.717, 1.165) is 48.6 Å². The monoisotopic (exact) mass is 348 g/mol. The summed E-state index contributed by atoms with van der Waals surface area (Å²) < 4.78 is 7.41. The molecule has 0 saturated carbocycles. The summed E-state index contributed by atoms with van der Waals surface area (Å²) in [7, 11) is 0. The van der Waals surface area contributed by atoms with Crippen molar-refractivity contribution in [2.75, 3.05) is 18.9 Å². The predicted molar refractivity (Wildman–Crippen MR) is 94.4 cm³/mol. The van der Waals surface area contributed by atoms with Crippen LogP contribution in [0.5, 0.6) is 0 Å². The predicted octanol–water partition coefficient (Wildman–Crippen LogP) is 1.39. The van der Waals surface area contributed by atoms with Gasteiger partial charge in [0.2, 0.25) is 5.95 Å². The van der Waals surface area contributed by atoms with Crippen LogP contribution in [0.2, 0.25) is 0 Å². The third-order valence-corrected chi connectivity index (χ3v) is 3.65. The molecule has 3 rings (SSSR count). The van der Waals surface area contributed by atoms with Gasteiger partial charge in [0.15, 0.2) is 0 Å². The van der Waals surface area contributed by atoms with Crippen molar-refractivity contribution in [3.63, 3.8) is 0 Å². The van der Waals surface area contributed by atoms with Gasteiger partial charge in [-0.2, -0.15) is 0 Å². The molecule has 0 fully saturated rings. The van der Waals surface area contributed by atoms with Gasteiger partial charge in [-0.05, 0) is 25.5 Å². The van der Waals surface area contributed by atoms with Crippen LogP contribution < -0.4 is 57.1 Å². The molecule has 5 nitrogen and oxygen atoms in total. The largest absolute Gasteiger partial charge is 1.00 e. The van der Waals surface area contributed by atoms with Crippen LogP contribution in [0, 0.1) is 0 Å². The maximum atomic E-state index is 6.05. The minimum atomic E-state index is 0. The molecule has 0 aliphatic rings. The number of para-hydroxylation sites is 1. The van der Waals surface area contributed by atoms with E-state index in [9.17, 15) is 0 Å². The number of nitrogens with zero attached hydrogens (tertiary/aromatic N) is 3. The zero-order valence-electron chi connectivity index (χ0n) is 14.3. The summed E-state index contributed by atoms with van der Waals surface area (Å²) in [6.07, 6.45) is 0.916. The number of rotatable bonds is 7. The van der Waals surface area contributed by atoms with E-state index in [4.69, 9.17) is 10.5 Å². The molecule has 0 amide bonds. The Labute approximate surface area is 185 Å². The van der Waals surface area contributed by atoms with Gasteiger partial charge in [-0.1, -0.05) is 36.4 Å². The van der Waals surface area contributed by atoms with Crippen LogP contribution in [0.4, 0.5) is 17.3 Å². The number of benzene rings is 2. The Morgan fingerprint density at radius 2 is 1.92 bits per heavy atom. The molecule has 0 atom stereocenters. The van der Waals surface area contributed by atoms with E-state index in [1.165, 1.54) is 0 Å². The van der Waals surface area contributed by atoms with Crippen LogP contribution in [-0.2, 0) is 11.3 Å². The first-order valence-electron chi connectivity index (χ1n) is 7.88. The Morgan fingerprint density at radius 1 is 1.12 bits per heavy atom. The maximum Gasteiger partial charge on any atom is 1.00 e. The first-order valence-corrected chi connectivity index (χ1v) is 7.88. The Kier molecular flexibility index (Phi) is 7.73. The van der Waals surface area contributed by atoms with E-state index in [-0.39, 0.29) is 51.4 Å². The second kappa shape index (κ2) is 9.55.